The molecule has 1 saturated carbocycles. The van der Waals surface area contributed by atoms with E-state index in [1.807, 2.05) is 0 Å². The molecule has 0 bridgehead atoms. The molecule has 14 heavy (non-hydrogen) atoms. The molecule has 0 spiro atoms. The minimum absolute atomic E-state index is 0.0781. The standard InChI is InChI=1S/C9H13N3OS/c13-9(8-6-10-14-12-8)11-7-4-2-1-3-5-7/h6-7H,1-5H2,(H,11,13). The number of hydrogen-bond donors (Lipinski definition) is 1. The summed E-state index contributed by atoms with van der Waals surface area (Å²) in [5, 5.41) is 2.99. The predicted octanol–water partition coefficient (Wildman–Crippen LogP) is 1.60. The fraction of sp³-hybridized carbons (Fsp3) is 0.667. The van der Waals surface area contributed by atoms with Crippen LogP contribution in [0.4, 0.5) is 0 Å². The summed E-state index contributed by atoms with van der Waals surface area (Å²) in [4.78, 5) is 11.6. The first-order valence-corrected chi connectivity index (χ1v) is 5.68. The minimum atomic E-state index is -0.0781. The van der Waals surface area contributed by atoms with E-state index in [2.05, 4.69) is 14.1 Å². The van der Waals surface area contributed by atoms with Crippen LogP contribution in [-0.2, 0) is 0 Å². The highest BCUT2D eigenvalue weighted by Gasteiger charge is 2.17. The van der Waals surface area contributed by atoms with Gasteiger partial charge in [0.15, 0.2) is 5.69 Å². The van der Waals surface area contributed by atoms with Gasteiger partial charge in [0.1, 0.15) is 0 Å². The number of aromatic nitrogens is 2. The van der Waals surface area contributed by atoms with Gasteiger partial charge in [-0.1, -0.05) is 19.3 Å². The van der Waals surface area contributed by atoms with E-state index in [9.17, 15) is 4.79 Å². The van der Waals surface area contributed by atoms with E-state index in [-0.39, 0.29) is 5.91 Å². The van der Waals surface area contributed by atoms with Gasteiger partial charge in [-0.3, -0.25) is 4.79 Å². The molecule has 1 heterocycles. The number of rotatable bonds is 2. The topological polar surface area (TPSA) is 54.9 Å². The van der Waals surface area contributed by atoms with Crippen LogP contribution in [0.25, 0.3) is 0 Å². The summed E-state index contributed by atoms with van der Waals surface area (Å²) in [5.41, 5.74) is 0.445. The van der Waals surface area contributed by atoms with Crippen LogP contribution >= 0.6 is 11.7 Å². The fourth-order valence-corrected chi connectivity index (χ4v) is 2.18. The lowest BCUT2D eigenvalue weighted by atomic mass is 9.95. The van der Waals surface area contributed by atoms with Crippen LogP contribution in [0.15, 0.2) is 6.20 Å². The third kappa shape index (κ3) is 2.29. The molecule has 1 aliphatic carbocycles. The van der Waals surface area contributed by atoms with Crippen LogP contribution in [0, 0.1) is 0 Å². The first-order valence-electron chi connectivity index (χ1n) is 4.94. The Bertz CT molecular complexity index is 293. The number of nitrogens with zero attached hydrogens (tertiary/aromatic N) is 2. The van der Waals surface area contributed by atoms with Crippen molar-refractivity contribution in [1.82, 2.24) is 14.1 Å². The normalized spacial score (nSPS) is 18.0. The minimum Gasteiger partial charge on any atom is -0.348 e. The van der Waals surface area contributed by atoms with E-state index in [4.69, 9.17) is 0 Å². The molecule has 4 nitrogen and oxygen atoms in total. The zero-order chi connectivity index (χ0) is 9.80. The van der Waals surface area contributed by atoms with Crippen molar-refractivity contribution in [1.29, 1.82) is 0 Å². The highest BCUT2D eigenvalue weighted by Crippen LogP contribution is 2.17. The summed E-state index contributed by atoms with van der Waals surface area (Å²) in [6.45, 7) is 0. The molecule has 76 valence electrons. The lowest BCUT2D eigenvalue weighted by Crippen LogP contribution is -2.36. The van der Waals surface area contributed by atoms with Crippen molar-refractivity contribution < 1.29 is 4.79 Å². The average Bonchev–Trinajstić information content (AvgIpc) is 2.72. The maximum atomic E-state index is 11.6. The molecule has 1 amide bonds. The molecule has 0 aliphatic heterocycles. The Morgan fingerprint density at radius 2 is 2.21 bits per heavy atom. The van der Waals surface area contributed by atoms with Gasteiger partial charge >= 0.3 is 0 Å². The van der Waals surface area contributed by atoms with Crippen LogP contribution in [-0.4, -0.2) is 20.7 Å². The molecular formula is C9H13N3OS. The molecule has 0 unspecified atom stereocenters. The summed E-state index contributed by atoms with van der Waals surface area (Å²) in [5.74, 6) is -0.0781. The zero-order valence-corrected chi connectivity index (χ0v) is 8.72. The Kier molecular flexibility index (Phi) is 3.08. The van der Waals surface area contributed by atoms with Crippen LogP contribution in [0.1, 0.15) is 42.6 Å². The van der Waals surface area contributed by atoms with Crippen molar-refractivity contribution in [2.24, 2.45) is 0 Å². The molecule has 1 aromatic heterocycles. The fourth-order valence-electron chi connectivity index (χ4n) is 1.77. The number of hydrogen-bond acceptors (Lipinski definition) is 4. The second-order valence-electron chi connectivity index (χ2n) is 3.60. The maximum Gasteiger partial charge on any atom is 0.272 e. The molecule has 0 atom stereocenters. The predicted molar refractivity (Wildman–Crippen MR) is 54.2 cm³/mol. The SMILES string of the molecule is O=C(NC1CCCCC1)c1cnsn1. The molecule has 2 rings (SSSR count). The summed E-state index contributed by atoms with van der Waals surface area (Å²) in [6, 6.07) is 0.345. The van der Waals surface area contributed by atoms with E-state index in [0.29, 0.717) is 11.7 Å². The first-order chi connectivity index (χ1) is 6.86. The molecule has 0 saturated heterocycles. The highest BCUT2D eigenvalue weighted by atomic mass is 32.1. The molecule has 0 radical (unpaired) electrons. The van der Waals surface area contributed by atoms with Gasteiger partial charge in [-0.25, -0.2) is 0 Å². The van der Waals surface area contributed by atoms with E-state index in [1.165, 1.54) is 25.5 Å². The van der Waals surface area contributed by atoms with Crippen molar-refractivity contribution in [3.63, 3.8) is 0 Å². The molecular weight excluding hydrogens is 198 g/mol. The van der Waals surface area contributed by atoms with Gasteiger partial charge in [-0.15, -0.1) is 0 Å². The van der Waals surface area contributed by atoms with Crippen LogP contribution in [0.2, 0.25) is 0 Å². The number of carbonyl (C=O) groups is 1. The summed E-state index contributed by atoms with van der Waals surface area (Å²) in [6.07, 6.45) is 7.46. The van der Waals surface area contributed by atoms with Crippen LogP contribution in [0.5, 0.6) is 0 Å². The third-order valence-electron chi connectivity index (χ3n) is 2.53. The van der Waals surface area contributed by atoms with E-state index >= 15 is 0 Å². The molecule has 5 heteroatoms. The zero-order valence-electron chi connectivity index (χ0n) is 7.90. The van der Waals surface area contributed by atoms with Gasteiger partial charge in [0.05, 0.1) is 17.9 Å². The largest absolute Gasteiger partial charge is 0.348 e. The van der Waals surface area contributed by atoms with E-state index in [0.717, 1.165) is 24.6 Å². The first kappa shape index (κ1) is 9.58. The number of nitrogens with one attached hydrogen (secondary N) is 1. The summed E-state index contributed by atoms with van der Waals surface area (Å²) < 4.78 is 7.71. The molecule has 1 aromatic rings. The maximum absolute atomic E-state index is 11.6. The van der Waals surface area contributed by atoms with Gasteiger partial charge in [0.25, 0.3) is 5.91 Å². The third-order valence-corrected chi connectivity index (χ3v) is 3.01. The Labute approximate surface area is 87.1 Å². The lowest BCUT2D eigenvalue weighted by Gasteiger charge is -2.22. The molecule has 1 aliphatic rings. The quantitative estimate of drug-likeness (QED) is 0.808. The summed E-state index contributed by atoms with van der Waals surface area (Å²) in [7, 11) is 0. The Hall–Kier alpha value is -0.970. The van der Waals surface area contributed by atoms with Crippen molar-refractivity contribution >= 4 is 17.6 Å². The average molecular weight is 211 g/mol. The number of amides is 1. The molecule has 1 N–H and O–H groups in total. The van der Waals surface area contributed by atoms with Crippen molar-refractivity contribution in [3.8, 4) is 0 Å². The Balaban J connectivity index is 1.87. The Morgan fingerprint density at radius 1 is 1.43 bits per heavy atom. The smallest absolute Gasteiger partial charge is 0.272 e. The highest BCUT2D eigenvalue weighted by molar-refractivity contribution is 6.99. The monoisotopic (exact) mass is 211 g/mol. The van der Waals surface area contributed by atoms with Crippen LogP contribution < -0.4 is 5.32 Å². The van der Waals surface area contributed by atoms with Crippen molar-refractivity contribution in [3.05, 3.63) is 11.9 Å². The molecule has 1 fully saturated rings. The number of carbonyl (C=O) groups excluding carboxylic acids is 1. The van der Waals surface area contributed by atoms with Crippen molar-refractivity contribution in [2.75, 3.05) is 0 Å². The lowest BCUT2D eigenvalue weighted by molar-refractivity contribution is 0.0923. The van der Waals surface area contributed by atoms with Crippen molar-refractivity contribution in [2.45, 2.75) is 38.1 Å². The Morgan fingerprint density at radius 3 is 2.86 bits per heavy atom. The van der Waals surface area contributed by atoms with Gasteiger partial charge in [0.2, 0.25) is 0 Å². The second kappa shape index (κ2) is 4.50. The van der Waals surface area contributed by atoms with E-state index in [1.54, 1.807) is 0 Å². The van der Waals surface area contributed by atoms with Gasteiger partial charge < -0.3 is 5.32 Å². The molecule has 0 aromatic carbocycles. The summed E-state index contributed by atoms with van der Waals surface area (Å²) >= 11 is 1.07. The van der Waals surface area contributed by atoms with E-state index < -0.39 is 0 Å². The second-order valence-corrected chi connectivity index (χ2v) is 4.16. The van der Waals surface area contributed by atoms with Crippen LogP contribution in [0.3, 0.4) is 0 Å². The van der Waals surface area contributed by atoms with Gasteiger partial charge in [-0.2, -0.15) is 8.75 Å². The van der Waals surface area contributed by atoms with Gasteiger partial charge in [-0.05, 0) is 12.8 Å². The van der Waals surface area contributed by atoms with Gasteiger partial charge in [0, 0.05) is 6.04 Å².